The number of aromatic nitrogens is 2. The summed E-state index contributed by atoms with van der Waals surface area (Å²) in [6, 6.07) is 22.5. The van der Waals surface area contributed by atoms with Crippen LogP contribution in [-0.2, 0) is 24.3 Å². The van der Waals surface area contributed by atoms with Crippen LogP contribution in [0.3, 0.4) is 0 Å². The lowest BCUT2D eigenvalue weighted by Crippen LogP contribution is -2.50. The Kier molecular flexibility index (Phi) is 7.07. The van der Waals surface area contributed by atoms with E-state index in [9.17, 15) is 9.59 Å². The van der Waals surface area contributed by atoms with E-state index in [0.717, 1.165) is 40.7 Å². The highest BCUT2D eigenvalue weighted by Crippen LogP contribution is 2.47. The number of nitrogens with zero attached hydrogens (tertiary/aromatic N) is 3. The number of rotatable bonds is 6. The zero-order valence-corrected chi connectivity index (χ0v) is 23.7. The summed E-state index contributed by atoms with van der Waals surface area (Å²) in [5.74, 6) is 0.923. The molecule has 2 heterocycles. The van der Waals surface area contributed by atoms with Gasteiger partial charge < -0.3 is 20.1 Å². The Morgan fingerprint density at radius 1 is 1.00 bits per heavy atom. The summed E-state index contributed by atoms with van der Waals surface area (Å²) in [6.07, 6.45) is 2.92. The van der Waals surface area contributed by atoms with Crippen LogP contribution >= 0.6 is 0 Å². The topological polar surface area (TPSA) is 100 Å². The lowest BCUT2D eigenvalue weighted by molar-refractivity contribution is -0.122. The number of carbonyl (C=O) groups excluding carboxylic acids is 2. The highest BCUT2D eigenvalue weighted by molar-refractivity contribution is 5.83. The monoisotopic (exact) mass is 549 g/mol. The Balaban J connectivity index is 1.27. The summed E-state index contributed by atoms with van der Waals surface area (Å²) in [5, 5.41) is 10.3. The maximum absolute atomic E-state index is 13.1. The standard InChI is InChI=1S/C33H35N5O3/c1-33(2,3)36-32(40)38-15-14-26-25(22-10-7-11-23(16-22)30-35-20-41-37-30)13-12-24(29(26)19-38)18-34-31(39)28-17-27(28)21-8-5-4-6-9-21/h4-13,16,20,27-28H,14-15,17-19H2,1-3H3,(H,34,39)(H,36,40)/t27-,28?/m1/s1. The number of carbonyl (C=O) groups is 2. The van der Waals surface area contributed by atoms with Crippen LogP contribution in [0, 0.1) is 5.92 Å². The molecular formula is C33H35N5O3. The van der Waals surface area contributed by atoms with Gasteiger partial charge in [-0.3, -0.25) is 4.79 Å². The molecular weight excluding hydrogens is 514 g/mol. The van der Waals surface area contributed by atoms with Gasteiger partial charge in [0.2, 0.25) is 18.1 Å². The van der Waals surface area contributed by atoms with Crippen LogP contribution in [0.5, 0.6) is 0 Å². The molecule has 0 radical (unpaired) electrons. The molecule has 210 valence electrons. The molecule has 2 atom stereocenters. The number of hydrogen-bond acceptors (Lipinski definition) is 5. The molecule has 3 amide bonds. The summed E-state index contributed by atoms with van der Waals surface area (Å²) in [4.78, 5) is 32.3. The third-order valence-corrected chi connectivity index (χ3v) is 7.88. The van der Waals surface area contributed by atoms with Gasteiger partial charge in [0.05, 0.1) is 0 Å². The van der Waals surface area contributed by atoms with E-state index in [1.54, 1.807) is 0 Å². The molecule has 1 aromatic heterocycles. The lowest BCUT2D eigenvalue weighted by atomic mass is 9.87. The van der Waals surface area contributed by atoms with Crippen molar-refractivity contribution in [2.24, 2.45) is 5.92 Å². The fourth-order valence-electron chi connectivity index (χ4n) is 5.74. The van der Waals surface area contributed by atoms with E-state index in [4.69, 9.17) is 4.52 Å². The van der Waals surface area contributed by atoms with Gasteiger partial charge in [-0.1, -0.05) is 65.8 Å². The predicted molar refractivity (Wildman–Crippen MR) is 157 cm³/mol. The molecule has 4 aromatic rings. The Bertz CT molecular complexity index is 1560. The van der Waals surface area contributed by atoms with E-state index in [2.05, 4.69) is 57.2 Å². The minimum Gasteiger partial charge on any atom is -0.352 e. The number of urea groups is 1. The van der Waals surface area contributed by atoms with E-state index in [1.807, 2.05) is 56.0 Å². The summed E-state index contributed by atoms with van der Waals surface area (Å²) in [7, 11) is 0. The second kappa shape index (κ2) is 10.8. The van der Waals surface area contributed by atoms with E-state index >= 15 is 0 Å². The van der Waals surface area contributed by atoms with E-state index in [0.29, 0.717) is 25.5 Å². The van der Waals surface area contributed by atoms with Gasteiger partial charge in [-0.05, 0) is 79.0 Å². The third kappa shape index (κ3) is 5.87. The quantitative estimate of drug-likeness (QED) is 0.322. The van der Waals surface area contributed by atoms with Crippen LogP contribution in [0.25, 0.3) is 22.5 Å². The van der Waals surface area contributed by atoms with E-state index in [1.165, 1.54) is 17.5 Å². The van der Waals surface area contributed by atoms with E-state index in [-0.39, 0.29) is 29.3 Å². The minimum absolute atomic E-state index is 0.00874. The van der Waals surface area contributed by atoms with Gasteiger partial charge in [-0.2, -0.15) is 4.98 Å². The molecule has 0 bridgehead atoms. The number of fused-ring (bicyclic) bond motifs is 1. The third-order valence-electron chi connectivity index (χ3n) is 7.88. The van der Waals surface area contributed by atoms with Crippen molar-refractivity contribution in [1.29, 1.82) is 0 Å². The summed E-state index contributed by atoms with van der Waals surface area (Å²) < 4.78 is 4.95. The molecule has 1 saturated carbocycles. The molecule has 2 N–H and O–H groups in total. The van der Waals surface area contributed by atoms with Crippen LogP contribution in [0.1, 0.15) is 55.4 Å². The van der Waals surface area contributed by atoms with Gasteiger partial charge >= 0.3 is 6.03 Å². The average Bonchev–Trinajstić information content (AvgIpc) is 3.59. The second-order valence-electron chi connectivity index (χ2n) is 12.0. The van der Waals surface area contributed by atoms with Crippen molar-refractivity contribution in [3.8, 4) is 22.5 Å². The Morgan fingerprint density at radius 2 is 1.80 bits per heavy atom. The van der Waals surface area contributed by atoms with Crippen LogP contribution in [0.15, 0.2) is 77.6 Å². The molecule has 8 nitrogen and oxygen atoms in total. The first-order valence-corrected chi connectivity index (χ1v) is 14.2. The highest BCUT2D eigenvalue weighted by atomic mass is 16.5. The smallest absolute Gasteiger partial charge is 0.318 e. The highest BCUT2D eigenvalue weighted by Gasteiger charge is 2.43. The van der Waals surface area contributed by atoms with Gasteiger partial charge in [-0.25, -0.2) is 4.79 Å². The lowest BCUT2D eigenvalue weighted by Gasteiger charge is -2.34. The normalized spacial score (nSPS) is 18.0. The van der Waals surface area contributed by atoms with Crippen LogP contribution in [-0.4, -0.2) is 39.1 Å². The fourth-order valence-corrected chi connectivity index (χ4v) is 5.74. The molecule has 1 fully saturated rings. The number of nitrogens with one attached hydrogen (secondary N) is 2. The van der Waals surface area contributed by atoms with E-state index < -0.39 is 0 Å². The van der Waals surface area contributed by atoms with Crippen LogP contribution in [0.4, 0.5) is 4.79 Å². The SMILES string of the molecule is CC(C)(C)NC(=O)N1CCc2c(-c3cccc(-c4ncon4)c3)ccc(CNC(=O)C3C[C@@H]3c3ccccc3)c2C1. The second-order valence-corrected chi connectivity index (χ2v) is 12.0. The molecule has 0 saturated heterocycles. The van der Waals surface area contributed by atoms with Crippen molar-refractivity contribution in [2.75, 3.05) is 6.54 Å². The molecule has 1 aliphatic carbocycles. The van der Waals surface area contributed by atoms with Crippen molar-refractivity contribution < 1.29 is 14.1 Å². The zero-order chi connectivity index (χ0) is 28.6. The predicted octanol–water partition coefficient (Wildman–Crippen LogP) is 5.69. The summed E-state index contributed by atoms with van der Waals surface area (Å²) >= 11 is 0. The number of amides is 3. The fraction of sp³-hybridized carbons (Fsp3) is 0.333. The summed E-state index contributed by atoms with van der Waals surface area (Å²) in [5.41, 5.74) is 7.27. The first-order valence-electron chi connectivity index (χ1n) is 14.2. The van der Waals surface area contributed by atoms with Gasteiger partial charge in [0.25, 0.3) is 0 Å². The Morgan fingerprint density at radius 3 is 2.56 bits per heavy atom. The first-order chi connectivity index (χ1) is 19.8. The van der Waals surface area contributed by atoms with Gasteiger partial charge in [0.1, 0.15) is 0 Å². The molecule has 3 aromatic carbocycles. The Labute approximate surface area is 240 Å². The van der Waals surface area contributed by atoms with Crippen molar-refractivity contribution >= 4 is 11.9 Å². The first kappa shape index (κ1) is 26.7. The van der Waals surface area contributed by atoms with Gasteiger partial charge in [-0.15, -0.1) is 0 Å². The molecule has 1 unspecified atom stereocenters. The zero-order valence-electron chi connectivity index (χ0n) is 23.7. The molecule has 2 aliphatic rings. The van der Waals surface area contributed by atoms with Gasteiger partial charge in [0.15, 0.2) is 0 Å². The Hall–Kier alpha value is -4.46. The van der Waals surface area contributed by atoms with Crippen molar-refractivity contribution in [1.82, 2.24) is 25.7 Å². The molecule has 0 spiro atoms. The average molecular weight is 550 g/mol. The molecule has 6 rings (SSSR count). The summed E-state index contributed by atoms with van der Waals surface area (Å²) in [6.45, 7) is 7.48. The minimum atomic E-state index is -0.328. The van der Waals surface area contributed by atoms with Gasteiger partial charge in [0, 0.05) is 36.7 Å². The number of hydrogen-bond donors (Lipinski definition) is 2. The molecule has 8 heteroatoms. The van der Waals surface area contributed by atoms with Crippen molar-refractivity contribution in [3.05, 3.63) is 95.4 Å². The molecule has 1 aliphatic heterocycles. The van der Waals surface area contributed by atoms with Crippen molar-refractivity contribution in [2.45, 2.75) is 58.2 Å². The maximum Gasteiger partial charge on any atom is 0.318 e. The van der Waals surface area contributed by atoms with Crippen LogP contribution < -0.4 is 10.6 Å². The number of benzene rings is 3. The largest absolute Gasteiger partial charge is 0.352 e. The van der Waals surface area contributed by atoms with Crippen molar-refractivity contribution in [3.63, 3.8) is 0 Å². The molecule has 41 heavy (non-hydrogen) atoms. The maximum atomic E-state index is 13.1. The van der Waals surface area contributed by atoms with Crippen LogP contribution in [0.2, 0.25) is 0 Å².